The first-order chi connectivity index (χ1) is 6.31. The third kappa shape index (κ3) is 2.51. The van der Waals surface area contributed by atoms with Crippen LogP contribution in [-0.4, -0.2) is 6.36 Å². The summed E-state index contributed by atoms with van der Waals surface area (Å²) in [6.07, 6.45) is -4.83. The lowest BCUT2D eigenvalue weighted by Gasteiger charge is -2.11. The van der Waals surface area contributed by atoms with E-state index in [0.717, 1.165) is 12.1 Å². The van der Waals surface area contributed by atoms with Crippen LogP contribution in [0.15, 0.2) is 12.1 Å². The molecule has 1 aromatic rings. The van der Waals surface area contributed by atoms with E-state index < -0.39 is 17.9 Å². The molecule has 0 atom stereocenters. The van der Waals surface area contributed by atoms with E-state index in [1.54, 1.807) is 0 Å². The van der Waals surface area contributed by atoms with Crippen molar-refractivity contribution in [1.29, 1.82) is 0 Å². The summed E-state index contributed by atoms with van der Waals surface area (Å²) in [5, 5.41) is -0.373. The lowest BCUT2D eigenvalue weighted by Crippen LogP contribution is -2.17. The molecule has 0 saturated carbocycles. The Balaban J connectivity index is 3.06. The van der Waals surface area contributed by atoms with Crippen molar-refractivity contribution in [2.45, 2.75) is 13.3 Å². The summed E-state index contributed by atoms with van der Waals surface area (Å²) in [5.74, 6) is -1.28. The number of ether oxygens (including phenoxy) is 1. The molecule has 1 nitrogen and oxygen atoms in total. The lowest BCUT2D eigenvalue weighted by atomic mass is 10.2. The highest BCUT2D eigenvalue weighted by atomic mass is 35.5. The van der Waals surface area contributed by atoms with Crippen LogP contribution in [0.5, 0.6) is 5.75 Å². The minimum atomic E-state index is -4.83. The Kier molecular flexibility index (Phi) is 2.89. The zero-order chi connectivity index (χ0) is 10.9. The summed E-state index contributed by atoms with van der Waals surface area (Å²) in [5.41, 5.74) is -0.0755. The fourth-order valence-electron chi connectivity index (χ4n) is 0.840. The van der Waals surface area contributed by atoms with Gasteiger partial charge in [0.05, 0.1) is 5.02 Å². The molecule has 0 aliphatic heterocycles. The minimum Gasteiger partial charge on any atom is -0.404 e. The average Bonchev–Trinajstić information content (AvgIpc) is 2.04. The Morgan fingerprint density at radius 3 is 2.36 bits per heavy atom. The zero-order valence-corrected chi connectivity index (χ0v) is 7.71. The third-order valence-electron chi connectivity index (χ3n) is 1.51. The standard InChI is InChI=1S/C8H5ClF4O/c1-4-5(10)2-3-6(7(4)9)14-8(11,12)13/h2-3H,1H3. The number of hydrogen-bond donors (Lipinski definition) is 0. The van der Waals surface area contributed by atoms with E-state index in [0.29, 0.717) is 0 Å². The van der Waals surface area contributed by atoms with Crippen molar-refractivity contribution in [3.63, 3.8) is 0 Å². The Morgan fingerprint density at radius 2 is 1.86 bits per heavy atom. The molecule has 1 rings (SSSR count). The monoisotopic (exact) mass is 228 g/mol. The van der Waals surface area contributed by atoms with E-state index in [2.05, 4.69) is 4.74 Å². The molecule has 0 radical (unpaired) electrons. The number of alkyl halides is 3. The zero-order valence-electron chi connectivity index (χ0n) is 6.95. The van der Waals surface area contributed by atoms with Gasteiger partial charge in [0.15, 0.2) is 0 Å². The van der Waals surface area contributed by atoms with Gasteiger partial charge in [-0.2, -0.15) is 0 Å². The Morgan fingerprint density at radius 1 is 1.29 bits per heavy atom. The molecule has 78 valence electrons. The van der Waals surface area contributed by atoms with Gasteiger partial charge in [-0.15, -0.1) is 13.2 Å². The summed E-state index contributed by atoms with van der Waals surface area (Å²) < 4.78 is 51.7. The van der Waals surface area contributed by atoms with Crippen LogP contribution in [0.1, 0.15) is 5.56 Å². The van der Waals surface area contributed by atoms with E-state index >= 15 is 0 Å². The van der Waals surface area contributed by atoms with Crippen LogP contribution in [0.3, 0.4) is 0 Å². The van der Waals surface area contributed by atoms with Crippen LogP contribution >= 0.6 is 11.6 Å². The normalized spacial score (nSPS) is 11.6. The predicted octanol–water partition coefficient (Wildman–Crippen LogP) is 3.69. The fourth-order valence-corrected chi connectivity index (χ4v) is 1.03. The van der Waals surface area contributed by atoms with E-state index in [1.165, 1.54) is 6.92 Å². The summed E-state index contributed by atoms with van der Waals surface area (Å²) in [4.78, 5) is 0. The summed E-state index contributed by atoms with van der Waals surface area (Å²) >= 11 is 5.44. The van der Waals surface area contributed by atoms with Gasteiger partial charge in [-0.1, -0.05) is 11.6 Å². The van der Waals surface area contributed by atoms with Gasteiger partial charge < -0.3 is 4.74 Å². The predicted molar refractivity (Wildman–Crippen MR) is 42.8 cm³/mol. The Bertz CT molecular complexity index is 348. The number of halogens is 5. The first-order valence-electron chi connectivity index (χ1n) is 3.51. The molecule has 0 saturated heterocycles. The Hall–Kier alpha value is -0.970. The molecule has 0 heterocycles. The van der Waals surface area contributed by atoms with Gasteiger partial charge in [-0.05, 0) is 19.1 Å². The van der Waals surface area contributed by atoms with Crippen LogP contribution in [0.2, 0.25) is 5.02 Å². The van der Waals surface area contributed by atoms with Crippen molar-refractivity contribution in [3.8, 4) is 5.75 Å². The molecule has 1 aromatic carbocycles. The smallest absolute Gasteiger partial charge is 0.404 e. The minimum absolute atomic E-state index is 0.0755. The van der Waals surface area contributed by atoms with Crippen LogP contribution in [0, 0.1) is 12.7 Å². The summed E-state index contributed by atoms with van der Waals surface area (Å²) in [6.45, 7) is 1.26. The van der Waals surface area contributed by atoms with E-state index in [4.69, 9.17) is 11.6 Å². The van der Waals surface area contributed by atoms with Gasteiger partial charge in [0, 0.05) is 5.56 Å². The molecule has 6 heteroatoms. The van der Waals surface area contributed by atoms with E-state index in [9.17, 15) is 17.6 Å². The highest BCUT2D eigenvalue weighted by Crippen LogP contribution is 2.33. The van der Waals surface area contributed by atoms with Crippen LogP contribution in [0.4, 0.5) is 17.6 Å². The molecule has 0 spiro atoms. The van der Waals surface area contributed by atoms with Gasteiger partial charge in [-0.25, -0.2) is 4.39 Å². The highest BCUT2D eigenvalue weighted by Gasteiger charge is 2.32. The first-order valence-corrected chi connectivity index (χ1v) is 3.89. The van der Waals surface area contributed by atoms with Crippen molar-refractivity contribution in [3.05, 3.63) is 28.5 Å². The van der Waals surface area contributed by atoms with Gasteiger partial charge in [0.2, 0.25) is 0 Å². The van der Waals surface area contributed by atoms with Gasteiger partial charge in [0.25, 0.3) is 0 Å². The second kappa shape index (κ2) is 3.65. The van der Waals surface area contributed by atoms with Crippen LogP contribution < -0.4 is 4.74 Å². The van der Waals surface area contributed by atoms with Gasteiger partial charge in [-0.3, -0.25) is 0 Å². The molecular weight excluding hydrogens is 224 g/mol. The number of hydrogen-bond acceptors (Lipinski definition) is 1. The summed E-state index contributed by atoms with van der Waals surface area (Å²) in [7, 11) is 0. The third-order valence-corrected chi connectivity index (χ3v) is 1.98. The van der Waals surface area contributed by atoms with Crippen molar-refractivity contribution in [2.24, 2.45) is 0 Å². The number of benzene rings is 1. The molecule has 0 amide bonds. The van der Waals surface area contributed by atoms with E-state index in [1.807, 2.05) is 0 Å². The fraction of sp³-hybridized carbons (Fsp3) is 0.250. The van der Waals surface area contributed by atoms with Gasteiger partial charge >= 0.3 is 6.36 Å². The quantitative estimate of drug-likeness (QED) is 0.666. The first kappa shape index (κ1) is 11.1. The topological polar surface area (TPSA) is 9.23 Å². The maximum absolute atomic E-state index is 12.8. The SMILES string of the molecule is Cc1c(F)ccc(OC(F)(F)F)c1Cl. The van der Waals surface area contributed by atoms with Crippen molar-refractivity contribution < 1.29 is 22.3 Å². The van der Waals surface area contributed by atoms with Crippen molar-refractivity contribution in [1.82, 2.24) is 0 Å². The molecule has 0 unspecified atom stereocenters. The molecule has 0 bridgehead atoms. The summed E-state index contributed by atoms with van der Waals surface area (Å²) in [6, 6.07) is 1.69. The van der Waals surface area contributed by atoms with Gasteiger partial charge in [0.1, 0.15) is 11.6 Å². The van der Waals surface area contributed by atoms with Crippen LogP contribution in [0.25, 0.3) is 0 Å². The number of rotatable bonds is 1. The Labute approximate surface area is 82.2 Å². The van der Waals surface area contributed by atoms with E-state index in [-0.39, 0.29) is 10.6 Å². The van der Waals surface area contributed by atoms with Crippen molar-refractivity contribution >= 4 is 11.6 Å². The maximum atomic E-state index is 12.8. The van der Waals surface area contributed by atoms with Crippen molar-refractivity contribution in [2.75, 3.05) is 0 Å². The molecule has 0 aromatic heterocycles. The average molecular weight is 229 g/mol. The second-order valence-corrected chi connectivity index (χ2v) is 2.91. The molecule has 14 heavy (non-hydrogen) atoms. The molecule has 0 aliphatic rings. The highest BCUT2D eigenvalue weighted by molar-refractivity contribution is 6.32. The second-order valence-electron chi connectivity index (χ2n) is 2.53. The molecular formula is C8H5ClF4O. The van der Waals surface area contributed by atoms with Crippen LogP contribution in [-0.2, 0) is 0 Å². The largest absolute Gasteiger partial charge is 0.573 e. The molecule has 0 N–H and O–H groups in total. The molecule has 0 fully saturated rings. The molecule has 0 aliphatic carbocycles. The lowest BCUT2D eigenvalue weighted by molar-refractivity contribution is -0.274. The maximum Gasteiger partial charge on any atom is 0.573 e.